The summed E-state index contributed by atoms with van der Waals surface area (Å²) in [6.45, 7) is 0.497. The normalized spacial score (nSPS) is 15.7. The van der Waals surface area contributed by atoms with Crippen LogP contribution in [0.1, 0.15) is 21.5 Å². The minimum absolute atomic E-state index is 0.117. The molecule has 1 saturated heterocycles. The summed E-state index contributed by atoms with van der Waals surface area (Å²) >= 11 is 3.58. The summed E-state index contributed by atoms with van der Waals surface area (Å²) in [4.78, 5) is 30.9. The van der Waals surface area contributed by atoms with E-state index in [-0.39, 0.29) is 5.91 Å². The molecule has 8 heteroatoms. The van der Waals surface area contributed by atoms with E-state index >= 15 is 0 Å². The molecule has 0 spiro atoms. The SMILES string of the molecule is COC(=O)c1ccc(N=C2S/C(=C\c3ccc(OCc4ccc(I)cc4)cc3)C(=O)N2C)cc1. The van der Waals surface area contributed by atoms with Gasteiger partial charge in [-0.25, -0.2) is 9.79 Å². The van der Waals surface area contributed by atoms with Gasteiger partial charge in [-0.3, -0.25) is 9.69 Å². The third-order valence-electron chi connectivity index (χ3n) is 5.01. The van der Waals surface area contributed by atoms with Gasteiger partial charge in [0.2, 0.25) is 0 Å². The van der Waals surface area contributed by atoms with Gasteiger partial charge in [0.25, 0.3) is 5.91 Å². The number of aliphatic imine (C=N–C) groups is 1. The number of carbonyl (C=O) groups excluding carboxylic acids is 2. The minimum atomic E-state index is -0.404. The fourth-order valence-electron chi connectivity index (χ4n) is 3.11. The number of nitrogens with zero attached hydrogens (tertiary/aromatic N) is 2. The molecule has 1 aliphatic heterocycles. The third-order valence-corrected chi connectivity index (χ3v) is 6.79. The minimum Gasteiger partial charge on any atom is -0.489 e. The van der Waals surface area contributed by atoms with Gasteiger partial charge < -0.3 is 9.47 Å². The van der Waals surface area contributed by atoms with E-state index in [2.05, 4.69) is 39.7 Å². The summed E-state index contributed by atoms with van der Waals surface area (Å²) in [5.41, 5.74) is 3.09. The lowest BCUT2D eigenvalue weighted by Crippen LogP contribution is -2.23. The molecule has 0 saturated carbocycles. The molecule has 6 nitrogen and oxygen atoms in total. The number of thioether (sulfide) groups is 1. The van der Waals surface area contributed by atoms with Crippen LogP contribution in [-0.4, -0.2) is 36.1 Å². The van der Waals surface area contributed by atoms with Crippen LogP contribution in [0.2, 0.25) is 0 Å². The van der Waals surface area contributed by atoms with Crippen molar-refractivity contribution in [1.82, 2.24) is 4.90 Å². The average molecular weight is 584 g/mol. The van der Waals surface area contributed by atoms with Crippen molar-refractivity contribution >= 4 is 63.2 Å². The predicted octanol–water partition coefficient (Wildman–Crippen LogP) is 5.89. The first kappa shape index (κ1) is 24.0. The molecule has 3 aromatic carbocycles. The second-order valence-corrected chi connectivity index (χ2v) is 9.65. The zero-order valence-electron chi connectivity index (χ0n) is 18.5. The molecule has 34 heavy (non-hydrogen) atoms. The maximum Gasteiger partial charge on any atom is 0.337 e. The van der Waals surface area contributed by atoms with Gasteiger partial charge in [-0.2, -0.15) is 0 Å². The van der Waals surface area contributed by atoms with Crippen LogP contribution >= 0.6 is 34.4 Å². The maximum absolute atomic E-state index is 12.7. The smallest absolute Gasteiger partial charge is 0.337 e. The molecule has 1 fully saturated rings. The topological polar surface area (TPSA) is 68.2 Å². The zero-order chi connectivity index (χ0) is 24.1. The molecule has 1 amide bonds. The summed E-state index contributed by atoms with van der Waals surface area (Å²) in [5.74, 6) is 0.244. The van der Waals surface area contributed by atoms with Crippen molar-refractivity contribution in [3.8, 4) is 5.75 Å². The molecule has 0 atom stereocenters. The van der Waals surface area contributed by atoms with Crippen LogP contribution in [0.5, 0.6) is 5.75 Å². The number of halogens is 1. The van der Waals surface area contributed by atoms with Gasteiger partial charge in [-0.1, -0.05) is 24.3 Å². The number of hydrogen-bond donors (Lipinski definition) is 0. The van der Waals surface area contributed by atoms with Gasteiger partial charge in [0.15, 0.2) is 5.17 Å². The highest BCUT2D eigenvalue weighted by Gasteiger charge is 2.30. The van der Waals surface area contributed by atoms with Gasteiger partial charge >= 0.3 is 5.97 Å². The van der Waals surface area contributed by atoms with Gasteiger partial charge in [0.1, 0.15) is 12.4 Å². The Morgan fingerprint density at radius 2 is 1.71 bits per heavy atom. The van der Waals surface area contributed by atoms with Crippen LogP contribution in [0.25, 0.3) is 6.08 Å². The van der Waals surface area contributed by atoms with E-state index in [1.165, 1.54) is 27.3 Å². The van der Waals surface area contributed by atoms with Gasteiger partial charge in [0.05, 0.1) is 23.3 Å². The summed E-state index contributed by atoms with van der Waals surface area (Å²) in [5, 5.41) is 0.569. The number of rotatable bonds is 6. The fraction of sp³-hybridized carbons (Fsp3) is 0.115. The van der Waals surface area contributed by atoms with E-state index in [0.29, 0.717) is 27.9 Å². The summed E-state index contributed by atoms with van der Waals surface area (Å²) < 4.78 is 11.8. The second-order valence-electron chi connectivity index (χ2n) is 7.39. The van der Waals surface area contributed by atoms with E-state index in [9.17, 15) is 9.59 Å². The molecule has 172 valence electrons. The second kappa shape index (κ2) is 10.9. The first-order valence-corrected chi connectivity index (χ1v) is 12.2. The van der Waals surface area contributed by atoms with Crippen LogP contribution < -0.4 is 4.74 Å². The van der Waals surface area contributed by atoms with Crippen LogP contribution in [0.4, 0.5) is 5.69 Å². The molecule has 0 aromatic heterocycles. The number of methoxy groups -OCH3 is 1. The molecule has 0 aliphatic carbocycles. The van der Waals surface area contributed by atoms with Crippen LogP contribution in [-0.2, 0) is 16.1 Å². The van der Waals surface area contributed by atoms with E-state index < -0.39 is 5.97 Å². The number of amidine groups is 1. The lowest BCUT2D eigenvalue weighted by molar-refractivity contribution is -0.121. The summed E-state index contributed by atoms with van der Waals surface area (Å²) in [7, 11) is 3.03. The van der Waals surface area contributed by atoms with Crippen LogP contribution in [0.15, 0.2) is 82.7 Å². The molecule has 0 radical (unpaired) electrons. The standard InChI is InChI=1S/C26H21IN2O4S/c1-29-24(30)23(34-26(29)28-21-11-7-19(8-12-21)25(31)32-2)15-17-5-13-22(14-6-17)33-16-18-3-9-20(27)10-4-18/h3-15H,16H2,1-2H3/b23-15-,28-26?. The van der Waals surface area contributed by atoms with Crippen molar-refractivity contribution in [3.05, 3.63) is 98.0 Å². The van der Waals surface area contributed by atoms with E-state index in [1.54, 1.807) is 31.3 Å². The number of benzene rings is 3. The monoisotopic (exact) mass is 584 g/mol. The number of ether oxygens (including phenoxy) is 2. The highest BCUT2D eigenvalue weighted by molar-refractivity contribution is 14.1. The molecule has 0 unspecified atom stereocenters. The third kappa shape index (κ3) is 5.87. The predicted molar refractivity (Wildman–Crippen MR) is 143 cm³/mol. The van der Waals surface area contributed by atoms with Gasteiger partial charge in [0, 0.05) is 10.6 Å². The zero-order valence-corrected chi connectivity index (χ0v) is 21.5. The Morgan fingerprint density at radius 1 is 1.03 bits per heavy atom. The first-order valence-electron chi connectivity index (χ1n) is 10.3. The Morgan fingerprint density at radius 3 is 2.35 bits per heavy atom. The Balaban J connectivity index is 1.42. The first-order chi connectivity index (χ1) is 16.4. The van der Waals surface area contributed by atoms with Crippen molar-refractivity contribution in [2.45, 2.75) is 6.61 Å². The van der Waals surface area contributed by atoms with Crippen molar-refractivity contribution in [1.29, 1.82) is 0 Å². The van der Waals surface area contributed by atoms with Gasteiger partial charge in [-0.15, -0.1) is 0 Å². The van der Waals surface area contributed by atoms with Gasteiger partial charge in [-0.05, 0) is 100 Å². The van der Waals surface area contributed by atoms with E-state index in [1.807, 2.05) is 42.5 Å². The largest absolute Gasteiger partial charge is 0.489 e. The Labute approximate surface area is 215 Å². The number of esters is 1. The molecule has 1 heterocycles. The highest BCUT2D eigenvalue weighted by atomic mass is 127. The van der Waals surface area contributed by atoms with Crippen LogP contribution in [0.3, 0.4) is 0 Å². The Bertz CT molecular complexity index is 1250. The van der Waals surface area contributed by atoms with Crippen molar-refractivity contribution in [2.24, 2.45) is 4.99 Å². The quantitative estimate of drug-likeness (QED) is 0.205. The Hall–Kier alpha value is -3.11. The molecular weight excluding hydrogens is 563 g/mol. The molecule has 1 aliphatic rings. The number of hydrogen-bond acceptors (Lipinski definition) is 6. The maximum atomic E-state index is 12.7. The number of carbonyl (C=O) groups is 2. The highest BCUT2D eigenvalue weighted by Crippen LogP contribution is 2.33. The molecule has 0 N–H and O–H groups in total. The summed E-state index contributed by atoms with van der Waals surface area (Å²) in [6.07, 6.45) is 1.84. The molecule has 4 rings (SSSR count). The number of likely N-dealkylation sites (N-methyl/N-ethyl adjacent to an activating group) is 1. The van der Waals surface area contributed by atoms with Crippen molar-refractivity contribution in [2.75, 3.05) is 14.2 Å². The number of amides is 1. The average Bonchev–Trinajstić information content (AvgIpc) is 3.12. The van der Waals surface area contributed by atoms with Crippen LogP contribution in [0, 0.1) is 3.57 Å². The van der Waals surface area contributed by atoms with Crippen molar-refractivity contribution in [3.63, 3.8) is 0 Å². The Kier molecular flexibility index (Phi) is 7.69. The molecule has 3 aromatic rings. The molecule has 0 bridgehead atoms. The summed E-state index contributed by atoms with van der Waals surface area (Å²) in [6, 6.07) is 22.6. The van der Waals surface area contributed by atoms with Crippen molar-refractivity contribution < 1.29 is 19.1 Å². The lowest BCUT2D eigenvalue weighted by atomic mass is 10.2. The van der Waals surface area contributed by atoms with E-state index in [4.69, 9.17) is 9.47 Å². The van der Waals surface area contributed by atoms with E-state index in [0.717, 1.165) is 16.9 Å². The molecular formula is C26H21IN2O4S. The lowest BCUT2D eigenvalue weighted by Gasteiger charge is -2.07. The fourth-order valence-corrected chi connectivity index (χ4v) is 4.46.